The summed E-state index contributed by atoms with van der Waals surface area (Å²) in [5.74, 6) is 0.391. The van der Waals surface area contributed by atoms with E-state index in [-0.39, 0.29) is 5.78 Å². The van der Waals surface area contributed by atoms with Gasteiger partial charge in [0, 0.05) is 19.2 Å². The summed E-state index contributed by atoms with van der Waals surface area (Å²) in [6.07, 6.45) is 5.70. The van der Waals surface area contributed by atoms with Crippen molar-refractivity contribution in [1.29, 1.82) is 0 Å². The number of hydrogen-bond acceptors (Lipinski definition) is 3. The second-order valence-corrected chi connectivity index (χ2v) is 3.05. The Labute approximate surface area is 83.8 Å². The molecule has 0 saturated carbocycles. The van der Waals surface area contributed by atoms with Crippen LogP contribution in [0.4, 0.5) is 0 Å². The molecule has 14 heavy (non-hydrogen) atoms. The van der Waals surface area contributed by atoms with Gasteiger partial charge in [-0.25, -0.2) is 0 Å². The van der Waals surface area contributed by atoms with Crippen molar-refractivity contribution in [3.8, 4) is 0 Å². The van der Waals surface area contributed by atoms with Crippen LogP contribution in [0.15, 0.2) is 27.8 Å². The van der Waals surface area contributed by atoms with Crippen LogP contribution in [-0.4, -0.2) is 18.5 Å². The molecule has 1 aromatic heterocycles. The maximum Gasteiger partial charge on any atom is 0.203 e. The standard InChI is InChI=1S/C11H15NO2/c1-2-3-7-12-8-6-10(13)11-5-4-9-14-11/h4-5,8-9H,2-3,6-7H2,1H3. The number of unbranched alkanes of at least 4 members (excludes halogenated alkanes) is 1. The number of ketones is 1. The topological polar surface area (TPSA) is 42.6 Å². The van der Waals surface area contributed by atoms with Crippen LogP contribution in [0.5, 0.6) is 0 Å². The Morgan fingerprint density at radius 1 is 1.64 bits per heavy atom. The molecule has 0 atom stereocenters. The summed E-state index contributed by atoms with van der Waals surface area (Å²) in [5.41, 5.74) is 0. The molecule has 0 saturated heterocycles. The third-order valence-corrected chi connectivity index (χ3v) is 1.84. The Morgan fingerprint density at radius 2 is 2.50 bits per heavy atom. The summed E-state index contributed by atoms with van der Waals surface area (Å²) in [6, 6.07) is 3.38. The number of aliphatic imine (C=N–C) groups is 1. The molecule has 3 nitrogen and oxygen atoms in total. The summed E-state index contributed by atoms with van der Waals surface area (Å²) < 4.78 is 4.96. The Bertz CT molecular complexity index is 288. The molecule has 1 heterocycles. The van der Waals surface area contributed by atoms with E-state index < -0.39 is 0 Å². The quantitative estimate of drug-likeness (QED) is 0.396. The Balaban J connectivity index is 2.25. The van der Waals surface area contributed by atoms with Crippen LogP contribution in [0.3, 0.4) is 0 Å². The number of Topliss-reactive ketones (excluding diaryl/α,β-unsaturated/α-hetero) is 1. The summed E-state index contributed by atoms with van der Waals surface area (Å²) >= 11 is 0. The molecule has 0 aromatic carbocycles. The van der Waals surface area contributed by atoms with Crippen LogP contribution >= 0.6 is 0 Å². The van der Waals surface area contributed by atoms with Gasteiger partial charge >= 0.3 is 0 Å². The van der Waals surface area contributed by atoms with E-state index in [0.29, 0.717) is 12.2 Å². The van der Waals surface area contributed by atoms with Gasteiger partial charge in [-0.1, -0.05) is 13.3 Å². The zero-order chi connectivity index (χ0) is 10.2. The lowest BCUT2D eigenvalue weighted by atomic mass is 10.2. The van der Waals surface area contributed by atoms with E-state index in [0.717, 1.165) is 19.4 Å². The van der Waals surface area contributed by atoms with Gasteiger partial charge < -0.3 is 4.42 Å². The van der Waals surface area contributed by atoms with E-state index >= 15 is 0 Å². The molecule has 0 amide bonds. The SMILES string of the molecule is CCCCN=CCC(=O)c1ccco1. The van der Waals surface area contributed by atoms with Crippen molar-refractivity contribution in [3.63, 3.8) is 0 Å². The predicted molar refractivity (Wildman–Crippen MR) is 55.9 cm³/mol. The molecule has 1 aromatic rings. The molecule has 0 fully saturated rings. The van der Waals surface area contributed by atoms with Crippen LogP contribution in [-0.2, 0) is 0 Å². The highest BCUT2D eigenvalue weighted by Crippen LogP contribution is 2.02. The van der Waals surface area contributed by atoms with Crippen LogP contribution in [0.1, 0.15) is 36.7 Å². The minimum atomic E-state index is -0.0183. The number of nitrogens with zero attached hydrogens (tertiary/aromatic N) is 1. The van der Waals surface area contributed by atoms with Crippen molar-refractivity contribution in [2.24, 2.45) is 4.99 Å². The Morgan fingerprint density at radius 3 is 3.14 bits per heavy atom. The van der Waals surface area contributed by atoms with Crippen molar-refractivity contribution < 1.29 is 9.21 Å². The summed E-state index contributed by atoms with van der Waals surface area (Å²) in [4.78, 5) is 15.5. The molecule has 0 radical (unpaired) electrons. The molecule has 76 valence electrons. The van der Waals surface area contributed by atoms with Gasteiger partial charge in [0.15, 0.2) is 5.76 Å². The number of carbonyl (C=O) groups excluding carboxylic acids is 1. The molecule has 0 aliphatic carbocycles. The van der Waals surface area contributed by atoms with Crippen molar-refractivity contribution in [1.82, 2.24) is 0 Å². The maximum atomic E-state index is 11.4. The largest absolute Gasteiger partial charge is 0.461 e. The zero-order valence-corrected chi connectivity index (χ0v) is 8.40. The van der Waals surface area contributed by atoms with E-state index in [4.69, 9.17) is 4.42 Å². The van der Waals surface area contributed by atoms with Crippen molar-refractivity contribution in [2.75, 3.05) is 6.54 Å². The third-order valence-electron chi connectivity index (χ3n) is 1.84. The molecular formula is C11H15NO2. The molecule has 0 spiro atoms. The minimum Gasteiger partial charge on any atom is -0.461 e. The van der Waals surface area contributed by atoms with Crippen LogP contribution in [0, 0.1) is 0 Å². The van der Waals surface area contributed by atoms with E-state index in [2.05, 4.69) is 11.9 Å². The highest BCUT2D eigenvalue weighted by molar-refractivity contribution is 6.01. The highest BCUT2D eigenvalue weighted by atomic mass is 16.3. The maximum absolute atomic E-state index is 11.4. The van der Waals surface area contributed by atoms with Crippen LogP contribution in [0.2, 0.25) is 0 Å². The average molecular weight is 193 g/mol. The number of hydrogen-bond donors (Lipinski definition) is 0. The van der Waals surface area contributed by atoms with Gasteiger partial charge in [-0.3, -0.25) is 9.79 Å². The molecule has 0 aliphatic rings. The van der Waals surface area contributed by atoms with Crippen molar-refractivity contribution in [2.45, 2.75) is 26.2 Å². The van der Waals surface area contributed by atoms with Crippen molar-refractivity contribution >= 4 is 12.0 Å². The molecular weight excluding hydrogens is 178 g/mol. The number of rotatable bonds is 6. The van der Waals surface area contributed by atoms with E-state index in [9.17, 15) is 4.79 Å². The lowest BCUT2D eigenvalue weighted by molar-refractivity contribution is 0.0975. The average Bonchev–Trinajstić information content (AvgIpc) is 2.70. The van der Waals surface area contributed by atoms with Crippen molar-refractivity contribution in [3.05, 3.63) is 24.2 Å². The molecule has 3 heteroatoms. The Hall–Kier alpha value is -1.38. The molecule has 0 N–H and O–H groups in total. The summed E-state index contributed by atoms with van der Waals surface area (Å²) in [6.45, 7) is 2.92. The molecule has 0 unspecified atom stereocenters. The fraction of sp³-hybridized carbons (Fsp3) is 0.455. The first-order valence-corrected chi connectivity index (χ1v) is 4.89. The molecule has 1 rings (SSSR count). The van der Waals surface area contributed by atoms with Crippen LogP contribution < -0.4 is 0 Å². The molecule has 0 bridgehead atoms. The zero-order valence-electron chi connectivity index (χ0n) is 8.40. The highest BCUT2D eigenvalue weighted by Gasteiger charge is 2.05. The second-order valence-electron chi connectivity index (χ2n) is 3.05. The van der Waals surface area contributed by atoms with Gasteiger partial charge in [-0.05, 0) is 18.6 Å². The monoisotopic (exact) mass is 193 g/mol. The number of furan rings is 1. The summed E-state index contributed by atoms with van der Waals surface area (Å²) in [7, 11) is 0. The summed E-state index contributed by atoms with van der Waals surface area (Å²) in [5, 5.41) is 0. The fourth-order valence-electron chi connectivity index (χ4n) is 1.03. The van der Waals surface area contributed by atoms with Gasteiger partial charge in [0.2, 0.25) is 5.78 Å². The van der Waals surface area contributed by atoms with E-state index in [1.54, 1.807) is 18.3 Å². The van der Waals surface area contributed by atoms with E-state index in [1.165, 1.54) is 6.26 Å². The smallest absolute Gasteiger partial charge is 0.203 e. The molecule has 0 aliphatic heterocycles. The first kappa shape index (κ1) is 10.7. The van der Waals surface area contributed by atoms with E-state index in [1.807, 2.05) is 0 Å². The second kappa shape index (κ2) is 6.13. The van der Waals surface area contributed by atoms with Gasteiger partial charge in [0.1, 0.15) is 0 Å². The third kappa shape index (κ3) is 3.56. The number of carbonyl (C=O) groups is 1. The fourth-order valence-corrected chi connectivity index (χ4v) is 1.03. The van der Waals surface area contributed by atoms with Crippen LogP contribution in [0.25, 0.3) is 0 Å². The van der Waals surface area contributed by atoms with Gasteiger partial charge in [-0.15, -0.1) is 0 Å². The lowest BCUT2D eigenvalue weighted by Gasteiger charge is -1.91. The predicted octanol–water partition coefficient (Wildman–Crippen LogP) is 2.72. The minimum absolute atomic E-state index is 0.0183. The normalized spacial score (nSPS) is 10.9. The first-order chi connectivity index (χ1) is 6.84. The van der Waals surface area contributed by atoms with Gasteiger partial charge in [0.05, 0.1) is 6.26 Å². The lowest BCUT2D eigenvalue weighted by Crippen LogP contribution is -1.97. The van der Waals surface area contributed by atoms with Gasteiger partial charge in [-0.2, -0.15) is 0 Å². The van der Waals surface area contributed by atoms with Gasteiger partial charge in [0.25, 0.3) is 0 Å². The first-order valence-electron chi connectivity index (χ1n) is 4.89. The Kier molecular flexibility index (Phi) is 4.69.